The summed E-state index contributed by atoms with van der Waals surface area (Å²) in [6.45, 7) is 1.65. The van der Waals surface area contributed by atoms with Gasteiger partial charge in [-0.1, -0.05) is 0 Å². The SMILES string of the molecule is COCCNCc1cc(F)ccc1OCC(=O)NC1CC1. The number of benzene rings is 1. The zero-order valence-corrected chi connectivity index (χ0v) is 12.2. The summed E-state index contributed by atoms with van der Waals surface area (Å²) in [5, 5.41) is 5.97. The fraction of sp³-hybridized carbons (Fsp3) is 0.533. The molecule has 2 N–H and O–H groups in total. The standard InChI is InChI=1S/C15H21FN2O3/c1-20-7-6-17-9-11-8-12(16)2-5-14(11)21-10-15(19)18-13-3-4-13/h2,5,8,13,17H,3-4,6-7,9-10H2,1H3,(H,18,19). The number of nitrogens with one attached hydrogen (secondary N) is 2. The summed E-state index contributed by atoms with van der Waals surface area (Å²) in [5.41, 5.74) is 0.685. The molecule has 0 saturated heterocycles. The number of carbonyl (C=O) groups is 1. The molecule has 0 bridgehead atoms. The second kappa shape index (κ2) is 7.95. The van der Waals surface area contributed by atoms with Crippen LogP contribution in [0.5, 0.6) is 5.75 Å². The highest BCUT2D eigenvalue weighted by molar-refractivity contribution is 5.78. The fourth-order valence-corrected chi connectivity index (χ4v) is 1.86. The van der Waals surface area contributed by atoms with Gasteiger partial charge in [-0.25, -0.2) is 4.39 Å². The van der Waals surface area contributed by atoms with Gasteiger partial charge in [0.15, 0.2) is 6.61 Å². The molecule has 0 unspecified atom stereocenters. The Hall–Kier alpha value is -1.66. The van der Waals surface area contributed by atoms with E-state index in [0.29, 0.717) is 37.1 Å². The molecule has 0 aliphatic heterocycles. The van der Waals surface area contributed by atoms with E-state index >= 15 is 0 Å². The summed E-state index contributed by atoms with van der Waals surface area (Å²) < 4.78 is 23.7. The average Bonchev–Trinajstić information content (AvgIpc) is 3.26. The molecule has 0 aromatic heterocycles. The Balaban J connectivity index is 1.85. The van der Waals surface area contributed by atoms with Crippen molar-refractivity contribution in [1.82, 2.24) is 10.6 Å². The van der Waals surface area contributed by atoms with Gasteiger partial charge in [0.25, 0.3) is 5.91 Å². The number of halogens is 1. The Bertz CT molecular complexity index is 478. The van der Waals surface area contributed by atoms with E-state index < -0.39 is 0 Å². The van der Waals surface area contributed by atoms with Gasteiger partial charge >= 0.3 is 0 Å². The van der Waals surface area contributed by atoms with Crippen molar-refractivity contribution < 1.29 is 18.7 Å². The summed E-state index contributed by atoms with van der Waals surface area (Å²) in [6.07, 6.45) is 2.08. The Kier molecular flexibility index (Phi) is 5.95. The van der Waals surface area contributed by atoms with E-state index in [2.05, 4.69) is 10.6 Å². The van der Waals surface area contributed by atoms with Crippen LogP contribution in [0.25, 0.3) is 0 Å². The van der Waals surface area contributed by atoms with Crippen LogP contribution in [-0.4, -0.2) is 38.8 Å². The lowest BCUT2D eigenvalue weighted by molar-refractivity contribution is -0.123. The largest absolute Gasteiger partial charge is 0.483 e. The molecule has 0 atom stereocenters. The highest BCUT2D eigenvalue weighted by Gasteiger charge is 2.23. The maximum absolute atomic E-state index is 13.3. The van der Waals surface area contributed by atoms with Crippen LogP contribution in [0, 0.1) is 5.82 Å². The highest BCUT2D eigenvalue weighted by Crippen LogP contribution is 2.20. The zero-order chi connectivity index (χ0) is 15.1. The quantitative estimate of drug-likeness (QED) is 0.673. The summed E-state index contributed by atoms with van der Waals surface area (Å²) in [4.78, 5) is 11.6. The molecule has 0 heterocycles. The molecule has 0 radical (unpaired) electrons. The predicted octanol–water partition coefficient (Wildman–Crippen LogP) is 1.22. The van der Waals surface area contributed by atoms with Crippen LogP contribution in [0.1, 0.15) is 18.4 Å². The minimum absolute atomic E-state index is 0.0484. The molecule has 6 heteroatoms. The van der Waals surface area contributed by atoms with Crippen LogP contribution in [0.4, 0.5) is 4.39 Å². The molecule has 1 aliphatic rings. The lowest BCUT2D eigenvalue weighted by Crippen LogP contribution is -2.30. The molecule has 21 heavy (non-hydrogen) atoms. The van der Waals surface area contributed by atoms with Crippen LogP contribution in [-0.2, 0) is 16.1 Å². The van der Waals surface area contributed by atoms with Crippen LogP contribution in [0.2, 0.25) is 0 Å². The third kappa shape index (κ3) is 5.69. The van der Waals surface area contributed by atoms with Gasteiger partial charge in [-0.2, -0.15) is 0 Å². The third-order valence-corrected chi connectivity index (χ3v) is 3.12. The summed E-state index contributed by atoms with van der Waals surface area (Å²) >= 11 is 0. The molecule has 1 aliphatic carbocycles. The van der Waals surface area contributed by atoms with Gasteiger partial charge < -0.3 is 20.1 Å². The van der Waals surface area contributed by atoms with Gasteiger partial charge in [0.1, 0.15) is 11.6 Å². The summed E-state index contributed by atoms with van der Waals surface area (Å²) in [5.74, 6) is 0.0562. The molecular formula is C15H21FN2O3. The van der Waals surface area contributed by atoms with Gasteiger partial charge in [-0.3, -0.25) is 4.79 Å². The smallest absolute Gasteiger partial charge is 0.258 e. The monoisotopic (exact) mass is 296 g/mol. The molecule has 1 aromatic carbocycles. The molecule has 1 fully saturated rings. The number of amides is 1. The first-order valence-electron chi connectivity index (χ1n) is 7.09. The minimum atomic E-state index is -0.326. The molecule has 116 valence electrons. The van der Waals surface area contributed by atoms with E-state index in [0.717, 1.165) is 12.8 Å². The lowest BCUT2D eigenvalue weighted by Gasteiger charge is -2.12. The Morgan fingerprint density at radius 1 is 1.43 bits per heavy atom. The number of methoxy groups -OCH3 is 1. The van der Waals surface area contributed by atoms with E-state index in [4.69, 9.17) is 9.47 Å². The van der Waals surface area contributed by atoms with E-state index in [1.54, 1.807) is 13.2 Å². The highest BCUT2D eigenvalue weighted by atomic mass is 19.1. The van der Waals surface area contributed by atoms with Crippen molar-refractivity contribution in [2.45, 2.75) is 25.4 Å². The number of rotatable bonds is 9. The van der Waals surface area contributed by atoms with Crippen molar-refractivity contribution in [2.75, 3.05) is 26.9 Å². The van der Waals surface area contributed by atoms with Crippen molar-refractivity contribution in [3.05, 3.63) is 29.6 Å². The van der Waals surface area contributed by atoms with Crippen LogP contribution < -0.4 is 15.4 Å². The van der Waals surface area contributed by atoms with Crippen LogP contribution in [0.15, 0.2) is 18.2 Å². The number of hydrogen-bond acceptors (Lipinski definition) is 4. The Labute approximate surface area is 123 Å². The van der Waals surface area contributed by atoms with Gasteiger partial charge in [0, 0.05) is 31.8 Å². The Morgan fingerprint density at radius 2 is 2.24 bits per heavy atom. The van der Waals surface area contributed by atoms with Crippen LogP contribution in [0.3, 0.4) is 0 Å². The topological polar surface area (TPSA) is 59.6 Å². The van der Waals surface area contributed by atoms with Gasteiger partial charge in [0.2, 0.25) is 0 Å². The van der Waals surface area contributed by atoms with E-state index in [9.17, 15) is 9.18 Å². The third-order valence-electron chi connectivity index (χ3n) is 3.12. The molecule has 2 rings (SSSR count). The number of carbonyl (C=O) groups excluding carboxylic acids is 1. The average molecular weight is 296 g/mol. The van der Waals surface area contributed by atoms with E-state index in [1.807, 2.05) is 0 Å². The van der Waals surface area contributed by atoms with E-state index in [-0.39, 0.29) is 18.3 Å². The maximum atomic E-state index is 13.3. The zero-order valence-electron chi connectivity index (χ0n) is 12.2. The molecule has 5 nitrogen and oxygen atoms in total. The van der Waals surface area contributed by atoms with Crippen molar-refractivity contribution in [1.29, 1.82) is 0 Å². The minimum Gasteiger partial charge on any atom is -0.483 e. The summed E-state index contributed by atoms with van der Waals surface area (Å²) in [7, 11) is 1.62. The Morgan fingerprint density at radius 3 is 2.95 bits per heavy atom. The van der Waals surface area contributed by atoms with Crippen molar-refractivity contribution in [2.24, 2.45) is 0 Å². The van der Waals surface area contributed by atoms with Crippen molar-refractivity contribution in [3.8, 4) is 5.75 Å². The van der Waals surface area contributed by atoms with Gasteiger partial charge in [-0.05, 0) is 31.0 Å². The number of ether oxygens (including phenoxy) is 2. The first-order chi connectivity index (χ1) is 10.2. The first-order valence-corrected chi connectivity index (χ1v) is 7.09. The number of hydrogen-bond donors (Lipinski definition) is 2. The van der Waals surface area contributed by atoms with Crippen molar-refractivity contribution >= 4 is 5.91 Å². The van der Waals surface area contributed by atoms with Gasteiger partial charge in [-0.15, -0.1) is 0 Å². The lowest BCUT2D eigenvalue weighted by atomic mass is 10.2. The van der Waals surface area contributed by atoms with Gasteiger partial charge in [0.05, 0.1) is 6.61 Å². The molecule has 1 aromatic rings. The maximum Gasteiger partial charge on any atom is 0.258 e. The normalized spacial score (nSPS) is 14.0. The first kappa shape index (κ1) is 15.7. The van der Waals surface area contributed by atoms with Crippen molar-refractivity contribution in [3.63, 3.8) is 0 Å². The second-order valence-electron chi connectivity index (χ2n) is 5.05. The predicted molar refractivity (Wildman–Crippen MR) is 76.6 cm³/mol. The molecule has 0 spiro atoms. The second-order valence-corrected chi connectivity index (χ2v) is 5.05. The van der Waals surface area contributed by atoms with Crippen LogP contribution >= 0.6 is 0 Å². The molecule has 1 amide bonds. The molecular weight excluding hydrogens is 275 g/mol. The molecule has 1 saturated carbocycles. The summed E-state index contributed by atoms with van der Waals surface area (Å²) in [6, 6.07) is 4.60. The van der Waals surface area contributed by atoms with E-state index in [1.165, 1.54) is 12.1 Å². The fourth-order valence-electron chi connectivity index (χ4n) is 1.86.